The molecular formula is C25H25N3O4. The van der Waals surface area contributed by atoms with Gasteiger partial charge in [0.15, 0.2) is 11.5 Å². The number of nitriles is 1. The standard InChI is InChI=1S/C25H25N3O4/c1-30-21-13-19(14-22(31-2)24(21)32-3)23(25(27)29)28(16-18-7-5-4-6-8-18)20-11-9-17(15-26)10-12-20/h4-14,23H,16H2,1-3H3,(H2,27,29). The van der Waals surface area contributed by atoms with Gasteiger partial charge in [-0.05, 0) is 47.5 Å². The van der Waals surface area contributed by atoms with E-state index in [0.29, 0.717) is 34.9 Å². The molecule has 1 unspecified atom stereocenters. The van der Waals surface area contributed by atoms with Crippen molar-refractivity contribution in [2.45, 2.75) is 12.6 Å². The van der Waals surface area contributed by atoms with E-state index in [-0.39, 0.29) is 0 Å². The Hall–Kier alpha value is -4.18. The van der Waals surface area contributed by atoms with Crippen LogP contribution >= 0.6 is 0 Å². The first kappa shape index (κ1) is 22.5. The fraction of sp³-hybridized carbons (Fsp3) is 0.200. The predicted molar refractivity (Wildman–Crippen MR) is 122 cm³/mol. The Balaban J connectivity index is 2.16. The highest BCUT2D eigenvalue weighted by Gasteiger charge is 2.29. The molecule has 0 aliphatic rings. The normalized spacial score (nSPS) is 11.2. The molecule has 3 aromatic carbocycles. The van der Waals surface area contributed by atoms with E-state index in [9.17, 15) is 4.79 Å². The summed E-state index contributed by atoms with van der Waals surface area (Å²) in [4.78, 5) is 14.7. The van der Waals surface area contributed by atoms with E-state index in [1.54, 1.807) is 36.4 Å². The van der Waals surface area contributed by atoms with Gasteiger partial charge in [0.1, 0.15) is 6.04 Å². The fourth-order valence-electron chi connectivity index (χ4n) is 3.60. The van der Waals surface area contributed by atoms with Gasteiger partial charge in [-0.25, -0.2) is 0 Å². The molecule has 164 valence electrons. The van der Waals surface area contributed by atoms with Gasteiger partial charge in [0, 0.05) is 12.2 Å². The maximum absolute atomic E-state index is 12.8. The van der Waals surface area contributed by atoms with Crippen LogP contribution in [0.3, 0.4) is 0 Å². The van der Waals surface area contributed by atoms with Crippen LogP contribution in [0.2, 0.25) is 0 Å². The summed E-state index contributed by atoms with van der Waals surface area (Å²) in [5.41, 5.74) is 8.78. The topological polar surface area (TPSA) is 97.8 Å². The van der Waals surface area contributed by atoms with Crippen LogP contribution in [0, 0.1) is 11.3 Å². The van der Waals surface area contributed by atoms with Gasteiger partial charge in [0.25, 0.3) is 0 Å². The van der Waals surface area contributed by atoms with Gasteiger partial charge in [0.2, 0.25) is 11.7 Å². The lowest BCUT2D eigenvalue weighted by molar-refractivity contribution is -0.119. The maximum Gasteiger partial charge on any atom is 0.244 e. The number of carbonyl (C=O) groups is 1. The van der Waals surface area contributed by atoms with E-state index in [1.807, 2.05) is 35.2 Å². The number of carbonyl (C=O) groups excluding carboxylic acids is 1. The van der Waals surface area contributed by atoms with Crippen LogP contribution in [-0.4, -0.2) is 27.2 Å². The van der Waals surface area contributed by atoms with Crippen molar-refractivity contribution < 1.29 is 19.0 Å². The maximum atomic E-state index is 12.8. The van der Waals surface area contributed by atoms with Gasteiger partial charge in [-0.3, -0.25) is 4.79 Å². The molecule has 0 aromatic heterocycles. The van der Waals surface area contributed by atoms with Gasteiger partial charge in [-0.15, -0.1) is 0 Å². The van der Waals surface area contributed by atoms with Gasteiger partial charge in [-0.2, -0.15) is 5.26 Å². The molecule has 32 heavy (non-hydrogen) atoms. The second kappa shape index (κ2) is 10.2. The van der Waals surface area contributed by atoms with Crippen molar-refractivity contribution in [2.75, 3.05) is 26.2 Å². The van der Waals surface area contributed by atoms with Crippen molar-refractivity contribution in [1.82, 2.24) is 0 Å². The van der Waals surface area contributed by atoms with Gasteiger partial charge < -0.3 is 24.8 Å². The third kappa shape index (κ3) is 4.76. The Morgan fingerprint density at radius 1 is 0.969 bits per heavy atom. The van der Waals surface area contributed by atoms with Gasteiger partial charge in [-0.1, -0.05) is 30.3 Å². The Morgan fingerprint density at radius 2 is 1.56 bits per heavy atom. The summed E-state index contributed by atoms with van der Waals surface area (Å²) in [6, 6.07) is 21.5. The van der Waals surface area contributed by atoms with Crippen molar-refractivity contribution in [1.29, 1.82) is 5.26 Å². The van der Waals surface area contributed by atoms with Crippen LogP contribution < -0.4 is 24.8 Å². The molecule has 0 spiro atoms. The summed E-state index contributed by atoms with van der Waals surface area (Å²) in [5, 5.41) is 9.17. The van der Waals surface area contributed by atoms with E-state index < -0.39 is 11.9 Å². The number of nitrogens with zero attached hydrogens (tertiary/aromatic N) is 2. The van der Waals surface area contributed by atoms with Crippen molar-refractivity contribution in [3.8, 4) is 23.3 Å². The molecule has 0 radical (unpaired) electrons. The summed E-state index contributed by atoms with van der Waals surface area (Å²) in [6.45, 7) is 0.414. The van der Waals surface area contributed by atoms with E-state index in [4.69, 9.17) is 25.2 Å². The van der Waals surface area contributed by atoms with Gasteiger partial charge in [0.05, 0.1) is 33.0 Å². The fourth-order valence-corrected chi connectivity index (χ4v) is 3.60. The van der Waals surface area contributed by atoms with Crippen LogP contribution in [-0.2, 0) is 11.3 Å². The largest absolute Gasteiger partial charge is 0.493 e. The Morgan fingerprint density at radius 3 is 2.03 bits per heavy atom. The van der Waals surface area contributed by atoms with Crippen LogP contribution in [0.5, 0.6) is 17.2 Å². The van der Waals surface area contributed by atoms with Crippen LogP contribution in [0.15, 0.2) is 66.7 Å². The molecule has 1 atom stereocenters. The van der Waals surface area contributed by atoms with E-state index in [2.05, 4.69) is 6.07 Å². The second-order valence-electron chi connectivity index (χ2n) is 7.04. The summed E-state index contributed by atoms with van der Waals surface area (Å²) in [7, 11) is 4.55. The SMILES string of the molecule is COc1cc(C(C(N)=O)N(Cc2ccccc2)c2ccc(C#N)cc2)cc(OC)c1OC. The molecule has 3 rings (SSSR count). The minimum absolute atomic E-state index is 0.414. The summed E-state index contributed by atoms with van der Waals surface area (Å²) < 4.78 is 16.4. The lowest BCUT2D eigenvalue weighted by Gasteiger charge is -2.33. The number of benzene rings is 3. The highest BCUT2D eigenvalue weighted by atomic mass is 16.5. The number of hydrogen-bond donors (Lipinski definition) is 1. The van der Waals surface area contributed by atoms with Crippen LogP contribution in [0.25, 0.3) is 0 Å². The average Bonchev–Trinajstić information content (AvgIpc) is 2.83. The first-order valence-electron chi connectivity index (χ1n) is 9.92. The number of primary amides is 1. The number of methoxy groups -OCH3 is 3. The third-order valence-electron chi connectivity index (χ3n) is 5.11. The number of rotatable bonds is 9. The lowest BCUT2D eigenvalue weighted by Crippen LogP contribution is -2.37. The average molecular weight is 431 g/mol. The van der Waals surface area contributed by atoms with Crippen molar-refractivity contribution in [3.05, 3.63) is 83.4 Å². The molecule has 0 saturated heterocycles. The van der Waals surface area contributed by atoms with Crippen LogP contribution in [0.4, 0.5) is 5.69 Å². The molecule has 7 heteroatoms. The quantitative estimate of drug-likeness (QED) is 0.553. The zero-order chi connectivity index (χ0) is 23.1. The highest BCUT2D eigenvalue weighted by molar-refractivity contribution is 5.86. The number of amides is 1. The smallest absolute Gasteiger partial charge is 0.244 e. The Bertz CT molecular complexity index is 1080. The van der Waals surface area contributed by atoms with Crippen molar-refractivity contribution in [3.63, 3.8) is 0 Å². The molecule has 7 nitrogen and oxygen atoms in total. The van der Waals surface area contributed by atoms with Crippen LogP contribution in [0.1, 0.15) is 22.7 Å². The molecular weight excluding hydrogens is 406 g/mol. The number of nitrogens with two attached hydrogens (primary N) is 1. The zero-order valence-corrected chi connectivity index (χ0v) is 18.2. The second-order valence-corrected chi connectivity index (χ2v) is 7.04. The van der Waals surface area contributed by atoms with E-state index in [1.165, 1.54) is 21.3 Å². The molecule has 2 N–H and O–H groups in total. The summed E-state index contributed by atoms with van der Waals surface area (Å²) in [5.74, 6) is 0.731. The van der Waals surface area contributed by atoms with Crippen molar-refractivity contribution in [2.24, 2.45) is 5.73 Å². The molecule has 0 bridgehead atoms. The molecule has 3 aromatic rings. The number of hydrogen-bond acceptors (Lipinski definition) is 6. The number of ether oxygens (including phenoxy) is 3. The first-order valence-corrected chi connectivity index (χ1v) is 9.92. The minimum Gasteiger partial charge on any atom is -0.493 e. The zero-order valence-electron chi connectivity index (χ0n) is 18.2. The monoisotopic (exact) mass is 431 g/mol. The van der Waals surface area contributed by atoms with E-state index >= 15 is 0 Å². The predicted octanol–water partition coefficient (Wildman–Crippen LogP) is 3.82. The molecule has 1 amide bonds. The Kier molecular flexibility index (Phi) is 7.19. The molecule has 0 aliphatic heterocycles. The number of anilines is 1. The minimum atomic E-state index is -0.836. The lowest BCUT2D eigenvalue weighted by atomic mass is 10.0. The molecule has 0 heterocycles. The first-order chi connectivity index (χ1) is 15.5. The summed E-state index contributed by atoms with van der Waals surface area (Å²) >= 11 is 0. The van der Waals surface area contributed by atoms with Crippen molar-refractivity contribution >= 4 is 11.6 Å². The summed E-state index contributed by atoms with van der Waals surface area (Å²) in [6.07, 6.45) is 0. The highest BCUT2D eigenvalue weighted by Crippen LogP contribution is 2.41. The van der Waals surface area contributed by atoms with Gasteiger partial charge >= 0.3 is 0 Å². The Labute approximate surface area is 187 Å². The van der Waals surface area contributed by atoms with E-state index in [0.717, 1.165) is 11.3 Å². The molecule has 0 fully saturated rings. The third-order valence-corrected chi connectivity index (χ3v) is 5.11. The molecule has 0 aliphatic carbocycles. The molecule has 0 saturated carbocycles.